The van der Waals surface area contributed by atoms with Crippen molar-refractivity contribution in [1.82, 2.24) is 19.9 Å². The van der Waals surface area contributed by atoms with Gasteiger partial charge in [0.05, 0.1) is 18.8 Å². The minimum atomic E-state index is -0.0895. The molecule has 1 aliphatic rings. The highest BCUT2D eigenvalue weighted by Crippen LogP contribution is 2.42. The Balaban J connectivity index is 1.59. The number of nitrogens with one attached hydrogen (secondary N) is 1. The van der Waals surface area contributed by atoms with Crippen LogP contribution in [0.25, 0.3) is 0 Å². The number of hydrogen-bond acceptors (Lipinski definition) is 4. The zero-order valence-electron chi connectivity index (χ0n) is 17.6. The number of pyridine rings is 2. The topological polar surface area (TPSA) is 55.2 Å². The van der Waals surface area contributed by atoms with Crippen LogP contribution >= 0.6 is 12.2 Å². The summed E-state index contributed by atoms with van der Waals surface area (Å²) in [5.41, 5.74) is 4.24. The summed E-state index contributed by atoms with van der Waals surface area (Å²) in [6, 6.07) is 22.1. The number of aromatic nitrogens is 3. The number of nitrogens with zero attached hydrogens (tertiary/aromatic N) is 4. The predicted octanol–water partition coefficient (Wildman–Crippen LogP) is 4.51. The van der Waals surface area contributed by atoms with E-state index in [0.29, 0.717) is 5.11 Å². The van der Waals surface area contributed by atoms with Crippen molar-refractivity contribution in [3.63, 3.8) is 0 Å². The summed E-state index contributed by atoms with van der Waals surface area (Å²) in [5.74, 6) is 0.810. The van der Waals surface area contributed by atoms with Gasteiger partial charge in [0.25, 0.3) is 0 Å². The van der Waals surface area contributed by atoms with Crippen LogP contribution in [-0.2, 0) is 6.54 Å². The number of thiocarbonyl (C=S) groups is 1. The Hall–Kier alpha value is -3.71. The Bertz CT molecular complexity index is 1190. The fourth-order valence-electron chi connectivity index (χ4n) is 4.20. The number of hydrogen-bond donors (Lipinski definition) is 1. The third-order valence-corrected chi connectivity index (χ3v) is 6.01. The largest absolute Gasteiger partial charge is 0.497 e. The van der Waals surface area contributed by atoms with Crippen LogP contribution in [0.15, 0.2) is 91.5 Å². The van der Waals surface area contributed by atoms with Crippen LogP contribution < -0.4 is 15.0 Å². The highest BCUT2D eigenvalue weighted by Gasteiger charge is 2.42. The molecule has 1 aromatic carbocycles. The molecule has 4 heterocycles. The van der Waals surface area contributed by atoms with Gasteiger partial charge < -0.3 is 19.5 Å². The fraction of sp³-hybridized carbons (Fsp3) is 0.160. The summed E-state index contributed by atoms with van der Waals surface area (Å²) in [5, 5.41) is 4.19. The van der Waals surface area contributed by atoms with Gasteiger partial charge >= 0.3 is 0 Å². The lowest BCUT2D eigenvalue weighted by molar-refractivity contribution is 0.415. The van der Waals surface area contributed by atoms with Crippen molar-refractivity contribution in [3.8, 4) is 5.75 Å². The summed E-state index contributed by atoms with van der Waals surface area (Å²) < 4.78 is 7.60. The van der Waals surface area contributed by atoms with Crippen LogP contribution in [0.5, 0.6) is 5.75 Å². The van der Waals surface area contributed by atoms with E-state index in [9.17, 15) is 0 Å². The number of benzene rings is 1. The Labute approximate surface area is 192 Å². The quantitative estimate of drug-likeness (QED) is 0.444. The lowest BCUT2D eigenvalue weighted by atomic mass is 10.0. The highest BCUT2D eigenvalue weighted by molar-refractivity contribution is 7.80. The Morgan fingerprint density at radius 1 is 1.00 bits per heavy atom. The van der Waals surface area contributed by atoms with Gasteiger partial charge in [-0.2, -0.15) is 0 Å². The van der Waals surface area contributed by atoms with Gasteiger partial charge in [-0.25, -0.2) is 0 Å². The van der Waals surface area contributed by atoms with E-state index in [2.05, 4.69) is 49.1 Å². The molecule has 0 bridgehead atoms. The van der Waals surface area contributed by atoms with Crippen molar-refractivity contribution in [2.45, 2.75) is 18.6 Å². The molecule has 3 aromatic heterocycles. The van der Waals surface area contributed by atoms with E-state index in [1.807, 2.05) is 60.9 Å². The van der Waals surface area contributed by atoms with Crippen molar-refractivity contribution >= 4 is 23.0 Å². The number of methoxy groups -OCH3 is 1. The van der Waals surface area contributed by atoms with Crippen LogP contribution in [0.1, 0.15) is 29.0 Å². The molecule has 0 spiro atoms. The number of rotatable bonds is 6. The maximum Gasteiger partial charge on any atom is 0.174 e. The minimum absolute atomic E-state index is 0.0718. The van der Waals surface area contributed by atoms with Crippen LogP contribution in [0.4, 0.5) is 5.69 Å². The molecule has 2 atom stereocenters. The maximum absolute atomic E-state index is 5.82. The molecule has 1 aliphatic heterocycles. The monoisotopic (exact) mass is 441 g/mol. The van der Waals surface area contributed by atoms with Crippen LogP contribution in [0.3, 0.4) is 0 Å². The summed E-state index contributed by atoms with van der Waals surface area (Å²) in [6.45, 7) is 0.727. The van der Waals surface area contributed by atoms with E-state index < -0.39 is 0 Å². The molecule has 2 unspecified atom stereocenters. The molecule has 7 heteroatoms. The summed E-state index contributed by atoms with van der Waals surface area (Å²) >= 11 is 5.82. The first-order chi connectivity index (χ1) is 15.7. The molecule has 5 rings (SSSR count). The lowest BCUT2D eigenvalue weighted by Crippen LogP contribution is -2.30. The molecular weight excluding hydrogens is 418 g/mol. The molecule has 0 amide bonds. The molecule has 0 radical (unpaired) electrons. The van der Waals surface area contributed by atoms with Crippen molar-refractivity contribution < 1.29 is 4.74 Å². The van der Waals surface area contributed by atoms with Crippen LogP contribution in [0, 0.1) is 0 Å². The Morgan fingerprint density at radius 2 is 1.88 bits per heavy atom. The van der Waals surface area contributed by atoms with Gasteiger partial charge in [0.15, 0.2) is 5.11 Å². The van der Waals surface area contributed by atoms with Gasteiger partial charge in [-0.3, -0.25) is 9.97 Å². The molecule has 4 aromatic rings. The average Bonchev–Trinajstić information content (AvgIpc) is 3.44. The molecule has 0 aliphatic carbocycles. The Morgan fingerprint density at radius 3 is 2.59 bits per heavy atom. The van der Waals surface area contributed by atoms with E-state index in [0.717, 1.165) is 34.9 Å². The molecule has 0 saturated carbocycles. The first kappa shape index (κ1) is 20.2. The van der Waals surface area contributed by atoms with Crippen LogP contribution in [0.2, 0.25) is 0 Å². The van der Waals surface area contributed by atoms with Crippen molar-refractivity contribution in [1.29, 1.82) is 0 Å². The van der Waals surface area contributed by atoms with E-state index in [4.69, 9.17) is 17.0 Å². The normalized spacial score (nSPS) is 17.9. The zero-order valence-corrected chi connectivity index (χ0v) is 18.4. The minimum Gasteiger partial charge on any atom is -0.497 e. The maximum atomic E-state index is 5.82. The first-order valence-corrected chi connectivity index (χ1v) is 10.8. The third-order valence-electron chi connectivity index (χ3n) is 5.69. The third kappa shape index (κ3) is 3.83. The molecule has 6 nitrogen and oxygen atoms in total. The highest BCUT2D eigenvalue weighted by atomic mass is 32.1. The van der Waals surface area contributed by atoms with E-state index in [1.54, 1.807) is 13.3 Å². The first-order valence-electron chi connectivity index (χ1n) is 10.4. The molecule has 1 fully saturated rings. The lowest BCUT2D eigenvalue weighted by Gasteiger charge is -2.29. The second-order valence-electron chi connectivity index (χ2n) is 7.62. The summed E-state index contributed by atoms with van der Waals surface area (Å²) in [7, 11) is 1.67. The number of anilines is 1. The van der Waals surface area contributed by atoms with E-state index in [-0.39, 0.29) is 12.1 Å². The molecule has 160 valence electrons. The second-order valence-corrected chi connectivity index (χ2v) is 8.00. The van der Waals surface area contributed by atoms with Gasteiger partial charge in [0, 0.05) is 42.7 Å². The SMILES string of the molecule is COc1ccc(N2C(=S)NC(c3ccccn3)C2c2cccn2Cc2cccnc2)cc1. The van der Waals surface area contributed by atoms with Crippen LogP contribution in [-0.4, -0.2) is 26.8 Å². The Kier molecular flexibility index (Phi) is 5.56. The second kappa shape index (κ2) is 8.80. The fourth-order valence-corrected chi connectivity index (χ4v) is 4.55. The van der Waals surface area contributed by atoms with Gasteiger partial charge in [-0.05, 0) is 72.4 Å². The smallest absolute Gasteiger partial charge is 0.174 e. The number of ether oxygens (including phenoxy) is 1. The zero-order chi connectivity index (χ0) is 21.9. The van der Waals surface area contributed by atoms with Crippen molar-refractivity contribution in [3.05, 3.63) is 108 Å². The van der Waals surface area contributed by atoms with Gasteiger partial charge in [0.2, 0.25) is 0 Å². The molecule has 1 saturated heterocycles. The summed E-state index contributed by atoms with van der Waals surface area (Å²) in [4.78, 5) is 11.1. The van der Waals surface area contributed by atoms with Gasteiger partial charge in [-0.15, -0.1) is 0 Å². The molecular formula is C25H23N5OS. The molecule has 1 N–H and O–H groups in total. The summed E-state index contributed by atoms with van der Waals surface area (Å²) in [6.07, 6.45) is 7.62. The van der Waals surface area contributed by atoms with E-state index in [1.165, 1.54) is 0 Å². The van der Waals surface area contributed by atoms with Crippen molar-refractivity contribution in [2.24, 2.45) is 0 Å². The standard InChI is InChI=1S/C25H23N5OS/c1-31-20-11-9-19(10-12-20)30-24(23(28-25(30)32)21-7-2-3-14-27-21)22-8-5-15-29(22)17-18-6-4-13-26-16-18/h2-16,23-24H,17H2,1H3,(H,28,32). The van der Waals surface area contributed by atoms with Gasteiger partial charge in [-0.1, -0.05) is 12.1 Å². The predicted molar refractivity (Wildman–Crippen MR) is 129 cm³/mol. The van der Waals surface area contributed by atoms with Gasteiger partial charge in [0.1, 0.15) is 11.8 Å². The molecule has 32 heavy (non-hydrogen) atoms. The van der Waals surface area contributed by atoms with Crippen molar-refractivity contribution in [2.75, 3.05) is 12.0 Å². The average molecular weight is 442 g/mol. The van der Waals surface area contributed by atoms with E-state index >= 15 is 0 Å².